The van der Waals surface area contributed by atoms with Gasteiger partial charge in [-0.05, 0) is 24.3 Å². The van der Waals surface area contributed by atoms with Gasteiger partial charge >= 0.3 is 0 Å². The summed E-state index contributed by atoms with van der Waals surface area (Å²) >= 11 is 0. The van der Waals surface area contributed by atoms with Gasteiger partial charge in [-0.3, -0.25) is 9.59 Å². The van der Waals surface area contributed by atoms with Crippen LogP contribution in [0.2, 0.25) is 0 Å². The van der Waals surface area contributed by atoms with Crippen LogP contribution < -0.4 is 19.7 Å². The highest BCUT2D eigenvalue weighted by molar-refractivity contribution is 5.95. The lowest BCUT2D eigenvalue weighted by molar-refractivity contribution is -0.117. The molecule has 2 aromatic rings. The Kier molecular flexibility index (Phi) is 5.57. The van der Waals surface area contributed by atoms with Crippen LogP contribution in [0.15, 0.2) is 42.5 Å². The van der Waals surface area contributed by atoms with E-state index in [1.54, 1.807) is 42.5 Å². The third-order valence-corrected chi connectivity index (χ3v) is 4.10. The minimum atomic E-state index is -0.276. The van der Waals surface area contributed by atoms with E-state index >= 15 is 0 Å². The summed E-state index contributed by atoms with van der Waals surface area (Å²) in [5, 5.41) is 11.8. The lowest BCUT2D eigenvalue weighted by Crippen LogP contribution is -2.32. The quantitative estimate of drug-likeness (QED) is 0.880. The van der Waals surface area contributed by atoms with Crippen molar-refractivity contribution in [1.29, 1.82) is 5.26 Å². The second-order valence-electron chi connectivity index (χ2n) is 5.95. The zero-order chi connectivity index (χ0) is 19.2. The van der Waals surface area contributed by atoms with Crippen molar-refractivity contribution >= 4 is 23.2 Å². The lowest BCUT2D eigenvalue weighted by Gasteiger charge is -2.24. The maximum atomic E-state index is 12.3. The van der Waals surface area contributed by atoms with Crippen molar-refractivity contribution in [2.24, 2.45) is 0 Å². The van der Waals surface area contributed by atoms with Gasteiger partial charge in [-0.2, -0.15) is 5.26 Å². The second-order valence-corrected chi connectivity index (χ2v) is 5.95. The first-order valence-electron chi connectivity index (χ1n) is 8.55. The van der Waals surface area contributed by atoms with Crippen LogP contribution in [-0.2, 0) is 9.59 Å². The SMILES string of the molecule is CC(=O)N(CCC(=O)Nc1ccccc1C#N)c1ccc2c(c1)OCCO2. The number of carbonyl (C=O) groups excluding carboxylic acids is 2. The van der Waals surface area contributed by atoms with Crippen molar-refractivity contribution in [3.8, 4) is 17.6 Å². The minimum Gasteiger partial charge on any atom is -0.486 e. The van der Waals surface area contributed by atoms with E-state index in [4.69, 9.17) is 14.7 Å². The van der Waals surface area contributed by atoms with Gasteiger partial charge in [-0.1, -0.05) is 12.1 Å². The fourth-order valence-corrected chi connectivity index (χ4v) is 2.78. The number of carbonyl (C=O) groups is 2. The van der Waals surface area contributed by atoms with Crippen LogP contribution in [0, 0.1) is 11.3 Å². The van der Waals surface area contributed by atoms with Crippen LogP contribution in [0.5, 0.6) is 11.5 Å². The lowest BCUT2D eigenvalue weighted by atomic mass is 10.2. The number of nitrogens with one attached hydrogen (secondary N) is 1. The molecule has 2 aromatic carbocycles. The molecule has 0 spiro atoms. The predicted molar refractivity (Wildman–Crippen MR) is 99.9 cm³/mol. The molecule has 0 atom stereocenters. The Morgan fingerprint density at radius 1 is 1.15 bits per heavy atom. The van der Waals surface area contributed by atoms with Crippen molar-refractivity contribution in [2.45, 2.75) is 13.3 Å². The molecule has 27 heavy (non-hydrogen) atoms. The number of benzene rings is 2. The number of hydrogen-bond donors (Lipinski definition) is 1. The fourth-order valence-electron chi connectivity index (χ4n) is 2.78. The maximum absolute atomic E-state index is 12.3. The number of nitriles is 1. The monoisotopic (exact) mass is 365 g/mol. The van der Waals surface area contributed by atoms with Gasteiger partial charge in [0.1, 0.15) is 19.3 Å². The van der Waals surface area contributed by atoms with Crippen molar-refractivity contribution < 1.29 is 19.1 Å². The molecule has 0 radical (unpaired) electrons. The van der Waals surface area contributed by atoms with Gasteiger partial charge < -0.3 is 19.7 Å². The first-order chi connectivity index (χ1) is 13.1. The Bertz CT molecular complexity index is 904. The Balaban J connectivity index is 1.67. The summed E-state index contributed by atoms with van der Waals surface area (Å²) in [7, 11) is 0. The van der Waals surface area contributed by atoms with Crippen LogP contribution in [0.25, 0.3) is 0 Å². The standard InChI is InChI=1S/C20H19N3O4/c1-14(24)23(16-6-7-18-19(12-16)27-11-10-26-18)9-8-20(25)22-17-5-3-2-4-15(17)13-21/h2-7,12H,8-11H2,1H3,(H,22,25). The number of amides is 2. The molecule has 0 bridgehead atoms. The van der Waals surface area contributed by atoms with Gasteiger partial charge in [0, 0.05) is 31.6 Å². The molecule has 2 amide bonds. The largest absolute Gasteiger partial charge is 0.486 e. The van der Waals surface area contributed by atoms with E-state index < -0.39 is 0 Å². The molecular formula is C20H19N3O4. The molecule has 138 valence electrons. The molecule has 0 unspecified atom stereocenters. The molecular weight excluding hydrogens is 346 g/mol. The average molecular weight is 365 g/mol. The first-order valence-corrected chi connectivity index (χ1v) is 8.55. The van der Waals surface area contributed by atoms with E-state index in [-0.39, 0.29) is 24.8 Å². The summed E-state index contributed by atoms with van der Waals surface area (Å²) in [5.41, 5.74) is 1.48. The van der Waals surface area contributed by atoms with Crippen LogP contribution in [0.4, 0.5) is 11.4 Å². The zero-order valence-corrected chi connectivity index (χ0v) is 14.9. The number of para-hydroxylation sites is 1. The van der Waals surface area contributed by atoms with Crippen molar-refractivity contribution in [1.82, 2.24) is 0 Å². The molecule has 7 heteroatoms. The number of hydrogen-bond acceptors (Lipinski definition) is 5. The van der Waals surface area contributed by atoms with Gasteiger partial charge in [0.15, 0.2) is 11.5 Å². The summed E-state index contributed by atoms with van der Waals surface area (Å²) in [6, 6.07) is 14.1. The van der Waals surface area contributed by atoms with Crippen molar-refractivity contribution in [3.63, 3.8) is 0 Å². The van der Waals surface area contributed by atoms with Crippen molar-refractivity contribution in [3.05, 3.63) is 48.0 Å². The van der Waals surface area contributed by atoms with Gasteiger partial charge in [0.25, 0.3) is 0 Å². The molecule has 0 fully saturated rings. The summed E-state index contributed by atoms with van der Waals surface area (Å²) in [4.78, 5) is 25.8. The molecule has 0 saturated carbocycles. The van der Waals surface area contributed by atoms with E-state index in [1.807, 2.05) is 6.07 Å². The van der Waals surface area contributed by atoms with Crippen LogP contribution >= 0.6 is 0 Å². The predicted octanol–water partition coefficient (Wildman–Crippen LogP) is 2.71. The number of anilines is 2. The molecule has 1 aliphatic rings. The smallest absolute Gasteiger partial charge is 0.226 e. The number of fused-ring (bicyclic) bond motifs is 1. The zero-order valence-electron chi connectivity index (χ0n) is 14.9. The number of nitrogens with zero attached hydrogens (tertiary/aromatic N) is 2. The van der Waals surface area contributed by atoms with E-state index in [1.165, 1.54) is 11.8 Å². The highest BCUT2D eigenvalue weighted by Gasteiger charge is 2.18. The molecule has 0 aliphatic carbocycles. The molecule has 7 nitrogen and oxygen atoms in total. The third kappa shape index (κ3) is 4.36. The number of ether oxygens (including phenoxy) is 2. The minimum absolute atomic E-state index is 0.0911. The van der Waals surface area contributed by atoms with Gasteiger partial charge in [-0.15, -0.1) is 0 Å². The third-order valence-electron chi connectivity index (χ3n) is 4.10. The van der Waals surface area contributed by atoms with Gasteiger partial charge in [-0.25, -0.2) is 0 Å². The summed E-state index contributed by atoms with van der Waals surface area (Å²) in [6.45, 7) is 2.60. The van der Waals surface area contributed by atoms with Gasteiger partial charge in [0.05, 0.1) is 11.3 Å². The first kappa shape index (κ1) is 18.3. The summed E-state index contributed by atoms with van der Waals surface area (Å²) in [5.74, 6) is 0.759. The second kappa shape index (κ2) is 8.23. The summed E-state index contributed by atoms with van der Waals surface area (Å²) < 4.78 is 11.0. The Morgan fingerprint density at radius 3 is 2.63 bits per heavy atom. The molecule has 0 aromatic heterocycles. The molecule has 3 rings (SSSR count). The topological polar surface area (TPSA) is 91.7 Å². The summed E-state index contributed by atoms with van der Waals surface area (Å²) in [6.07, 6.45) is 0.0911. The van der Waals surface area contributed by atoms with Crippen molar-refractivity contribution in [2.75, 3.05) is 30.0 Å². The van der Waals surface area contributed by atoms with E-state index in [2.05, 4.69) is 5.32 Å². The van der Waals surface area contributed by atoms with E-state index in [0.29, 0.717) is 41.7 Å². The molecule has 1 N–H and O–H groups in total. The average Bonchev–Trinajstić information content (AvgIpc) is 2.68. The van der Waals surface area contributed by atoms with E-state index in [0.717, 1.165) is 0 Å². The van der Waals surface area contributed by atoms with Crippen LogP contribution in [0.1, 0.15) is 18.9 Å². The van der Waals surface area contributed by atoms with Crippen LogP contribution in [-0.4, -0.2) is 31.6 Å². The van der Waals surface area contributed by atoms with Crippen LogP contribution in [0.3, 0.4) is 0 Å². The Labute approximate surface area is 157 Å². The maximum Gasteiger partial charge on any atom is 0.226 e. The normalized spacial score (nSPS) is 12.0. The van der Waals surface area contributed by atoms with E-state index in [9.17, 15) is 9.59 Å². The highest BCUT2D eigenvalue weighted by Crippen LogP contribution is 2.34. The van der Waals surface area contributed by atoms with Gasteiger partial charge in [0.2, 0.25) is 11.8 Å². The molecule has 1 heterocycles. The number of rotatable bonds is 5. The highest BCUT2D eigenvalue weighted by atomic mass is 16.6. The molecule has 0 saturated heterocycles. The Hall–Kier alpha value is -3.53. The fraction of sp³-hybridized carbons (Fsp3) is 0.250. The Morgan fingerprint density at radius 2 is 1.89 bits per heavy atom. The molecule has 1 aliphatic heterocycles.